The molecule has 0 aliphatic rings. The average molecular weight is 251 g/mol. The SMILES string of the molecule is Cc1ncc(C(O)CC(C)Cl)c(C)n1.Cl. The van der Waals surface area contributed by atoms with Crippen LogP contribution in [0.3, 0.4) is 0 Å². The monoisotopic (exact) mass is 250 g/mol. The van der Waals surface area contributed by atoms with Gasteiger partial charge in [-0.15, -0.1) is 24.0 Å². The summed E-state index contributed by atoms with van der Waals surface area (Å²) in [6, 6.07) is 0. The summed E-state index contributed by atoms with van der Waals surface area (Å²) in [5.41, 5.74) is 1.59. The van der Waals surface area contributed by atoms with Crippen molar-refractivity contribution < 1.29 is 5.11 Å². The quantitative estimate of drug-likeness (QED) is 0.840. The van der Waals surface area contributed by atoms with Gasteiger partial charge in [0.2, 0.25) is 0 Å². The van der Waals surface area contributed by atoms with Gasteiger partial charge in [0.15, 0.2) is 0 Å². The van der Waals surface area contributed by atoms with E-state index in [-0.39, 0.29) is 17.8 Å². The van der Waals surface area contributed by atoms with Gasteiger partial charge in [0.25, 0.3) is 0 Å². The Bertz CT molecular complexity index is 318. The summed E-state index contributed by atoms with van der Waals surface area (Å²) in [4.78, 5) is 8.24. The Morgan fingerprint density at radius 1 is 1.47 bits per heavy atom. The maximum Gasteiger partial charge on any atom is 0.125 e. The number of nitrogens with zero attached hydrogens (tertiary/aromatic N) is 2. The van der Waals surface area contributed by atoms with Crippen LogP contribution in [0, 0.1) is 13.8 Å². The third-order valence-corrected chi connectivity index (χ3v) is 2.22. The molecular formula is C10H16Cl2N2O. The predicted molar refractivity (Wildman–Crippen MR) is 63.6 cm³/mol. The van der Waals surface area contributed by atoms with Crippen molar-refractivity contribution in [2.45, 2.75) is 38.7 Å². The third kappa shape index (κ3) is 4.33. The van der Waals surface area contributed by atoms with Gasteiger partial charge in [-0.1, -0.05) is 0 Å². The van der Waals surface area contributed by atoms with E-state index in [0.717, 1.165) is 17.1 Å². The molecule has 0 amide bonds. The molecule has 3 nitrogen and oxygen atoms in total. The van der Waals surface area contributed by atoms with Gasteiger partial charge in [-0.3, -0.25) is 0 Å². The van der Waals surface area contributed by atoms with E-state index in [0.29, 0.717) is 6.42 Å². The van der Waals surface area contributed by atoms with E-state index >= 15 is 0 Å². The Morgan fingerprint density at radius 3 is 2.53 bits per heavy atom. The largest absolute Gasteiger partial charge is 0.388 e. The second-order valence-corrected chi connectivity index (χ2v) is 4.24. The molecule has 0 fully saturated rings. The molecule has 0 saturated carbocycles. The molecule has 15 heavy (non-hydrogen) atoms. The van der Waals surface area contributed by atoms with Crippen LogP contribution in [0.4, 0.5) is 0 Å². The smallest absolute Gasteiger partial charge is 0.125 e. The molecule has 0 radical (unpaired) electrons. The molecule has 0 aliphatic heterocycles. The summed E-state index contributed by atoms with van der Waals surface area (Å²) < 4.78 is 0. The van der Waals surface area contributed by atoms with Crippen LogP contribution in [0.15, 0.2) is 6.20 Å². The van der Waals surface area contributed by atoms with Crippen LogP contribution in [0.5, 0.6) is 0 Å². The zero-order valence-corrected chi connectivity index (χ0v) is 10.6. The second kappa shape index (κ2) is 6.26. The van der Waals surface area contributed by atoms with E-state index in [4.69, 9.17) is 11.6 Å². The van der Waals surface area contributed by atoms with Gasteiger partial charge in [-0.25, -0.2) is 9.97 Å². The lowest BCUT2D eigenvalue weighted by Gasteiger charge is -2.13. The van der Waals surface area contributed by atoms with Gasteiger partial charge < -0.3 is 5.11 Å². The minimum absolute atomic E-state index is 0. The molecule has 0 spiro atoms. The van der Waals surface area contributed by atoms with Crippen LogP contribution in [0.1, 0.15) is 36.5 Å². The summed E-state index contributed by atoms with van der Waals surface area (Å²) in [6.07, 6.45) is 1.62. The normalized spacial score (nSPS) is 14.2. The highest BCUT2D eigenvalue weighted by Gasteiger charge is 2.14. The van der Waals surface area contributed by atoms with E-state index in [9.17, 15) is 5.11 Å². The van der Waals surface area contributed by atoms with Crippen molar-refractivity contribution in [3.05, 3.63) is 23.3 Å². The molecule has 5 heteroatoms. The number of aryl methyl sites for hydroxylation is 2. The van der Waals surface area contributed by atoms with Crippen molar-refractivity contribution in [1.29, 1.82) is 0 Å². The first kappa shape index (κ1) is 14.6. The van der Waals surface area contributed by atoms with E-state index in [1.807, 2.05) is 20.8 Å². The molecule has 1 rings (SSSR count). The first-order chi connectivity index (χ1) is 6.50. The summed E-state index contributed by atoms with van der Waals surface area (Å²) >= 11 is 5.81. The van der Waals surface area contributed by atoms with Crippen molar-refractivity contribution in [1.82, 2.24) is 9.97 Å². The second-order valence-electron chi connectivity index (χ2n) is 3.49. The molecule has 1 N–H and O–H groups in total. The number of aliphatic hydroxyl groups excluding tert-OH is 1. The lowest BCUT2D eigenvalue weighted by molar-refractivity contribution is 0.166. The first-order valence-corrected chi connectivity index (χ1v) is 5.06. The summed E-state index contributed by atoms with van der Waals surface area (Å²) in [5, 5.41) is 9.75. The van der Waals surface area contributed by atoms with Gasteiger partial charge in [0.1, 0.15) is 5.82 Å². The molecule has 1 heterocycles. The maximum atomic E-state index is 9.80. The molecule has 1 aromatic rings. The highest BCUT2D eigenvalue weighted by Crippen LogP contribution is 2.21. The van der Waals surface area contributed by atoms with E-state index in [1.165, 1.54) is 0 Å². The van der Waals surface area contributed by atoms with Crippen molar-refractivity contribution in [3.63, 3.8) is 0 Å². The summed E-state index contributed by atoms with van der Waals surface area (Å²) in [7, 11) is 0. The van der Waals surface area contributed by atoms with E-state index < -0.39 is 6.10 Å². The molecule has 0 aromatic carbocycles. The Morgan fingerprint density at radius 2 is 2.07 bits per heavy atom. The van der Waals surface area contributed by atoms with Crippen LogP contribution in [0.25, 0.3) is 0 Å². The molecule has 0 saturated heterocycles. The van der Waals surface area contributed by atoms with Crippen LogP contribution >= 0.6 is 24.0 Å². The maximum absolute atomic E-state index is 9.80. The molecular weight excluding hydrogens is 235 g/mol. The Kier molecular flexibility index (Phi) is 6.10. The summed E-state index contributed by atoms with van der Waals surface area (Å²) in [6.45, 7) is 5.55. The van der Waals surface area contributed by atoms with Crippen LogP contribution in [-0.2, 0) is 0 Å². The fraction of sp³-hybridized carbons (Fsp3) is 0.600. The molecule has 2 atom stereocenters. The molecule has 0 bridgehead atoms. The van der Waals surface area contributed by atoms with Crippen LogP contribution < -0.4 is 0 Å². The average Bonchev–Trinajstić information content (AvgIpc) is 2.01. The lowest BCUT2D eigenvalue weighted by atomic mass is 10.1. The number of halogens is 2. The molecule has 0 aliphatic carbocycles. The van der Waals surface area contributed by atoms with Crippen molar-refractivity contribution in [3.8, 4) is 0 Å². The number of aliphatic hydroxyl groups is 1. The van der Waals surface area contributed by atoms with Gasteiger partial charge in [0, 0.05) is 22.8 Å². The van der Waals surface area contributed by atoms with Crippen molar-refractivity contribution in [2.75, 3.05) is 0 Å². The standard InChI is InChI=1S/C10H15ClN2O.ClH/c1-6(11)4-10(14)9-5-12-8(3)13-7(9)2;/h5-6,10,14H,4H2,1-3H3;1H. The number of rotatable bonds is 3. The highest BCUT2D eigenvalue weighted by atomic mass is 35.5. The first-order valence-electron chi connectivity index (χ1n) is 4.63. The highest BCUT2D eigenvalue weighted by molar-refractivity contribution is 6.20. The fourth-order valence-corrected chi connectivity index (χ4v) is 1.52. The Labute approximate surface area is 101 Å². The number of alkyl halides is 1. The summed E-state index contributed by atoms with van der Waals surface area (Å²) in [5.74, 6) is 0.720. The zero-order chi connectivity index (χ0) is 10.7. The fourth-order valence-electron chi connectivity index (χ4n) is 1.35. The van der Waals surface area contributed by atoms with E-state index in [2.05, 4.69) is 9.97 Å². The van der Waals surface area contributed by atoms with Crippen LogP contribution in [0.2, 0.25) is 0 Å². The Balaban J connectivity index is 0.00000196. The van der Waals surface area contributed by atoms with Crippen LogP contribution in [-0.4, -0.2) is 20.5 Å². The van der Waals surface area contributed by atoms with Crippen molar-refractivity contribution >= 4 is 24.0 Å². The number of hydrogen-bond acceptors (Lipinski definition) is 3. The third-order valence-electron chi connectivity index (χ3n) is 2.04. The molecule has 2 unspecified atom stereocenters. The van der Waals surface area contributed by atoms with Gasteiger partial charge in [-0.2, -0.15) is 0 Å². The zero-order valence-electron chi connectivity index (χ0n) is 9.07. The minimum Gasteiger partial charge on any atom is -0.388 e. The van der Waals surface area contributed by atoms with Gasteiger partial charge in [-0.05, 0) is 27.2 Å². The minimum atomic E-state index is -0.567. The molecule has 86 valence electrons. The van der Waals surface area contributed by atoms with Crippen molar-refractivity contribution in [2.24, 2.45) is 0 Å². The Hall–Kier alpha value is -0.380. The van der Waals surface area contributed by atoms with Gasteiger partial charge >= 0.3 is 0 Å². The van der Waals surface area contributed by atoms with Gasteiger partial charge in [0.05, 0.1) is 6.10 Å². The van der Waals surface area contributed by atoms with E-state index in [1.54, 1.807) is 6.20 Å². The predicted octanol–water partition coefficient (Wildman–Crippen LogP) is 2.57. The topological polar surface area (TPSA) is 46.0 Å². The molecule has 1 aromatic heterocycles. The number of hydrogen-bond donors (Lipinski definition) is 1. The lowest BCUT2D eigenvalue weighted by Crippen LogP contribution is -2.07. The number of aromatic nitrogens is 2.